The van der Waals surface area contributed by atoms with Crippen molar-refractivity contribution >= 4 is 5.91 Å². The van der Waals surface area contributed by atoms with E-state index in [0.29, 0.717) is 6.42 Å². The van der Waals surface area contributed by atoms with Gasteiger partial charge >= 0.3 is 0 Å². The van der Waals surface area contributed by atoms with Gasteiger partial charge in [0.15, 0.2) is 0 Å². The normalized spacial score (nSPS) is 16.9. The smallest absolute Gasteiger partial charge is 0.221 e. The molecule has 0 atom stereocenters. The van der Waals surface area contributed by atoms with Gasteiger partial charge in [-0.15, -0.1) is 0 Å². The van der Waals surface area contributed by atoms with E-state index in [-0.39, 0.29) is 11.4 Å². The van der Waals surface area contributed by atoms with Crippen LogP contribution in [0.5, 0.6) is 0 Å². The van der Waals surface area contributed by atoms with Gasteiger partial charge in [0.2, 0.25) is 5.91 Å². The summed E-state index contributed by atoms with van der Waals surface area (Å²) in [7, 11) is 1.87. The molecular weight excluding hydrogens is 224 g/mol. The fraction of sp³-hybridized carbons (Fsp3) is 0.533. The van der Waals surface area contributed by atoms with Crippen LogP contribution in [0.25, 0.3) is 0 Å². The molecule has 0 spiro atoms. The van der Waals surface area contributed by atoms with Crippen LogP contribution in [0.1, 0.15) is 31.2 Å². The summed E-state index contributed by atoms with van der Waals surface area (Å²) >= 11 is 0. The topological polar surface area (TPSA) is 41.1 Å². The third-order valence-electron chi connectivity index (χ3n) is 3.70. The number of carbonyl (C=O) groups excluding carboxylic acids is 1. The Labute approximate surface area is 109 Å². The van der Waals surface area contributed by atoms with Gasteiger partial charge in [-0.3, -0.25) is 4.79 Å². The fourth-order valence-electron chi connectivity index (χ4n) is 2.53. The van der Waals surface area contributed by atoms with E-state index in [2.05, 4.69) is 34.9 Å². The van der Waals surface area contributed by atoms with E-state index in [9.17, 15) is 4.79 Å². The van der Waals surface area contributed by atoms with Crippen LogP contribution in [0.3, 0.4) is 0 Å². The zero-order valence-electron chi connectivity index (χ0n) is 11.0. The van der Waals surface area contributed by atoms with E-state index in [1.807, 2.05) is 13.1 Å². The maximum absolute atomic E-state index is 11.8. The van der Waals surface area contributed by atoms with Crippen molar-refractivity contribution in [2.24, 2.45) is 0 Å². The van der Waals surface area contributed by atoms with Gasteiger partial charge in [-0.2, -0.15) is 0 Å². The molecule has 3 heteroatoms. The Morgan fingerprint density at radius 3 is 2.56 bits per heavy atom. The second-order valence-corrected chi connectivity index (χ2v) is 5.20. The number of nitrogens with one attached hydrogen (secondary N) is 2. The SMILES string of the molecule is CNCCC(=O)NC1(Cc2ccccc2)CCC1. The van der Waals surface area contributed by atoms with Crippen LogP contribution in [0.2, 0.25) is 0 Å². The quantitative estimate of drug-likeness (QED) is 0.804. The molecule has 0 unspecified atom stereocenters. The summed E-state index contributed by atoms with van der Waals surface area (Å²) in [6, 6.07) is 10.4. The maximum atomic E-state index is 11.8. The van der Waals surface area contributed by atoms with Gasteiger partial charge in [0, 0.05) is 18.5 Å². The van der Waals surface area contributed by atoms with E-state index < -0.39 is 0 Å². The lowest BCUT2D eigenvalue weighted by Crippen LogP contribution is -2.55. The van der Waals surface area contributed by atoms with E-state index in [0.717, 1.165) is 25.8 Å². The molecule has 3 nitrogen and oxygen atoms in total. The molecule has 0 bridgehead atoms. The van der Waals surface area contributed by atoms with Crippen molar-refractivity contribution < 1.29 is 4.79 Å². The third kappa shape index (κ3) is 3.33. The Bertz CT molecular complexity index is 385. The average molecular weight is 246 g/mol. The molecule has 1 fully saturated rings. The highest BCUT2D eigenvalue weighted by Gasteiger charge is 2.37. The van der Waals surface area contributed by atoms with E-state index in [1.165, 1.54) is 12.0 Å². The number of hydrogen-bond acceptors (Lipinski definition) is 2. The van der Waals surface area contributed by atoms with Crippen molar-refractivity contribution in [2.45, 2.75) is 37.6 Å². The van der Waals surface area contributed by atoms with Crippen LogP contribution in [0, 0.1) is 0 Å². The predicted octanol–water partition coefficient (Wildman–Crippen LogP) is 1.88. The number of hydrogen-bond donors (Lipinski definition) is 2. The van der Waals surface area contributed by atoms with Crippen molar-refractivity contribution in [3.63, 3.8) is 0 Å². The minimum atomic E-state index is 0.0200. The molecule has 0 aliphatic heterocycles. The van der Waals surface area contributed by atoms with Gasteiger partial charge in [0.05, 0.1) is 0 Å². The predicted molar refractivity (Wildman–Crippen MR) is 73.4 cm³/mol. The third-order valence-corrected chi connectivity index (χ3v) is 3.70. The van der Waals surface area contributed by atoms with Gasteiger partial charge in [0.1, 0.15) is 0 Å². The summed E-state index contributed by atoms with van der Waals surface area (Å²) in [4.78, 5) is 11.8. The highest BCUT2D eigenvalue weighted by molar-refractivity contribution is 5.77. The Hall–Kier alpha value is -1.35. The largest absolute Gasteiger partial charge is 0.350 e. The zero-order chi connectivity index (χ0) is 12.8. The van der Waals surface area contributed by atoms with Crippen LogP contribution in [-0.2, 0) is 11.2 Å². The second kappa shape index (κ2) is 6.01. The molecule has 1 amide bonds. The van der Waals surface area contributed by atoms with Gasteiger partial charge in [-0.25, -0.2) is 0 Å². The monoisotopic (exact) mass is 246 g/mol. The summed E-state index contributed by atoms with van der Waals surface area (Å²) in [6.45, 7) is 0.743. The van der Waals surface area contributed by atoms with Crippen molar-refractivity contribution in [3.8, 4) is 0 Å². The molecule has 1 aliphatic carbocycles. The first-order valence-corrected chi connectivity index (χ1v) is 6.74. The summed E-state index contributed by atoms with van der Waals surface area (Å²) in [5.41, 5.74) is 1.33. The summed E-state index contributed by atoms with van der Waals surface area (Å²) in [6.07, 6.45) is 4.95. The van der Waals surface area contributed by atoms with Crippen LogP contribution in [0.15, 0.2) is 30.3 Å². The number of rotatable bonds is 6. The van der Waals surface area contributed by atoms with Gasteiger partial charge in [-0.05, 0) is 38.3 Å². The van der Waals surface area contributed by atoms with Gasteiger partial charge in [0.25, 0.3) is 0 Å². The molecule has 1 aliphatic rings. The molecule has 0 heterocycles. The van der Waals surface area contributed by atoms with E-state index in [4.69, 9.17) is 0 Å². The van der Waals surface area contributed by atoms with Crippen molar-refractivity contribution in [1.82, 2.24) is 10.6 Å². The summed E-state index contributed by atoms with van der Waals surface area (Å²) < 4.78 is 0. The van der Waals surface area contributed by atoms with Crippen LogP contribution in [0.4, 0.5) is 0 Å². The molecule has 0 aromatic heterocycles. The van der Waals surface area contributed by atoms with Crippen molar-refractivity contribution in [2.75, 3.05) is 13.6 Å². The number of benzene rings is 1. The summed E-state index contributed by atoms with van der Waals surface area (Å²) in [5, 5.41) is 6.24. The Morgan fingerprint density at radius 2 is 2.00 bits per heavy atom. The standard InChI is InChI=1S/C15H22N2O/c1-16-11-8-14(18)17-15(9-5-10-15)12-13-6-3-2-4-7-13/h2-4,6-7,16H,5,8-12H2,1H3,(H,17,18). The highest BCUT2D eigenvalue weighted by Crippen LogP contribution is 2.35. The molecule has 18 heavy (non-hydrogen) atoms. The van der Waals surface area contributed by atoms with E-state index >= 15 is 0 Å². The lowest BCUT2D eigenvalue weighted by Gasteiger charge is -2.43. The first-order chi connectivity index (χ1) is 8.74. The van der Waals surface area contributed by atoms with E-state index in [1.54, 1.807) is 0 Å². The Kier molecular flexibility index (Phi) is 4.37. The lowest BCUT2D eigenvalue weighted by atomic mass is 9.72. The van der Waals surface area contributed by atoms with Crippen LogP contribution in [-0.4, -0.2) is 25.0 Å². The Balaban J connectivity index is 1.92. The van der Waals surface area contributed by atoms with Crippen molar-refractivity contribution in [3.05, 3.63) is 35.9 Å². The average Bonchev–Trinajstić information content (AvgIpc) is 2.35. The molecule has 98 valence electrons. The maximum Gasteiger partial charge on any atom is 0.221 e. The number of carbonyl (C=O) groups is 1. The zero-order valence-corrected chi connectivity index (χ0v) is 11.0. The molecule has 1 aromatic rings. The van der Waals surface area contributed by atoms with Gasteiger partial charge in [-0.1, -0.05) is 30.3 Å². The highest BCUT2D eigenvalue weighted by atomic mass is 16.1. The van der Waals surface area contributed by atoms with Crippen LogP contribution >= 0.6 is 0 Å². The molecule has 1 aromatic carbocycles. The lowest BCUT2D eigenvalue weighted by molar-refractivity contribution is -0.124. The van der Waals surface area contributed by atoms with Crippen molar-refractivity contribution in [1.29, 1.82) is 0 Å². The fourth-order valence-corrected chi connectivity index (χ4v) is 2.53. The minimum Gasteiger partial charge on any atom is -0.350 e. The molecule has 2 rings (SSSR count). The molecule has 0 radical (unpaired) electrons. The van der Waals surface area contributed by atoms with Crippen LogP contribution < -0.4 is 10.6 Å². The van der Waals surface area contributed by atoms with Gasteiger partial charge < -0.3 is 10.6 Å². The molecule has 0 saturated heterocycles. The summed E-state index contributed by atoms with van der Waals surface area (Å²) in [5.74, 6) is 0.167. The Morgan fingerprint density at radius 1 is 1.28 bits per heavy atom. The molecular formula is C15H22N2O. The second-order valence-electron chi connectivity index (χ2n) is 5.20. The molecule has 1 saturated carbocycles. The molecule has 2 N–H and O–H groups in total. The minimum absolute atomic E-state index is 0.0200. The first-order valence-electron chi connectivity index (χ1n) is 6.74. The first kappa shape index (κ1) is 13.1. The number of amides is 1.